The van der Waals surface area contributed by atoms with Crippen molar-refractivity contribution in [1.82, 2.24) is 10.2 Å². The Morgan fingerprint density at radius 3 is 2.50 bits per heavy atom. The Balaban J connectivity index is 2.31. The second-order valence-electron chi connectivity index (χ2n) is 9.85. The number of hydrogen-bond donors (Lipinski definition) is 2. The van der Waals surface area contributed by atoms with Crippen molar-refractivity contribution in [2.75, 3.05) is 6.54 Å². The normalized spacial score (nSPS) is 19.7. The number of aliphatic carboxylic acids is 1. The highest BCUT2D eigenvalue weighted by Crippen LogP contribution is 2.38. The molecule has 166 valence electrons. The zero-order valence-corrected chi connectivity index (χ0v) is 19.8. The first-order valence-electron chi connectivity index (χ1n) is 10.6. The molecular weight excluding hydrogens is 400 g/mol. The van der Waals surface area contributed by atoms with Gasteiger partial charge in [-0.05, 0) is 60.3 Å². The summed E-state index contributed by atoms with van der Waals surface area (Å²) in [5.74, 6) is -0.663. The maximum atomic E-state index is 12.8. The highest BCUT2D eigenvalue weighted by molar-refractivity contribution is 6.31. The molecule has 2 rings (SSSR count). The maximum absolute atomic E-state index is 12.8. The number of hydrogen-bond acceptors (Lipinski definition) is 2. The molecule has 1 aliphatic rings. The minimum atomic E-state index is -0.855. The van der Waals surface area contributed by atoms with E-state index in [4.69, 9.17) is 16.7 Å². The monoisotopic (exact) mass is 434 g/mol. The van der Waals surface area contributed by atoms with Gasteiger partial charge in [0.25, 0.3) is 0 Å². The van der Waals surface area contributed by atoms with Crippen LogP contribution in [0.2, 0.25) is 5.02 Å². The molecule has 1 heterocycles. The average molecular weight is 435 g/mol. The van der Waals surface area contributed by atoms with Gasteiger partial charge >= 0.3 is 12.0 Å². The van der Waals surface area contributed by atoms with E-state index < -0.39 is 11.5 Å². The molecule has 2 N–H and O–H groups in total. The number of carboxylic acid groups (broad SMARTS) is 1. The zero-order valence-electron chi connectivity index (χ0n) is 19.0. The van der Waals surface area contributed by atoms with E-state index in [9.17, 15) is 9.59 Å². The molecule has 1 atom stereocenters. The predicted octanol–water partition coefficient (Wildman–Crippen LogP) is 5.96. The molecule has 0 saturated heterocycles. The minimum absolute atomic E-state index is 0.0392. The molecule has 0 spiro atoms. The Morgan fingerprint density at radius 2 is 1.97 bits per heavy atom. The molecule has 0 aromatic heterocycles. The summed E-state index contributed by atoms with van der Waals surface area (Å²) in [6.45, 7) is 13.2. The van der Waals surface area contributed by atoms with Gasteiger partial charge in [-0.3, -0.25) is 4.79 Å². The molecule has 0 fully saturated rings. The summed E-state index contributed by atoms with van der Waals surface area (Å²) >= 11 is 6.63. The summed E-state index contributed by atoms with van der Waals surface area (Å²) < 4.78 is 0. The minimum Gasteiger partial charge on any atom is -0.481 e. The van der Waals surface area contributed by atoms with Gasteiger partial charge in [0.2, 0.25) is 0 Å². The van der Waals surface area contributed by atoms with E-state index in [2.05, 4.69) is 52.1 Å². The molecule has 1 aliphatic heterocycles. The first-order valence-corrected chi connectivity index (χ1v) is 11.0. The van der Waals surface area contributed by atoms with E-state index in [1.807, 2.05) is 19.2 Å². The van der Waals surface area contributed by atoms with Crippen molar-refractivity contribution in [2.24, 2.45) is 11.3 Å². The van der Waals surface area contributed by atoms with Gasteiger partial charge in [-0.25, -0.2) is 4.79 Å². The van der Waals surface area contributed by atoms with Crippen LogP contribution in [0.1, 0.15) is 71.9 Å². The number of halogens is 1. The SMILES string of the molecule is CC(C)C1=CN(CCCC(=O)O)C(=O)N[C@]1(C)c1ccc(CCC(C)(C)C)c(Cl)c1. The third-order valence-corrected chi connectivity index (χ3v) is 6.03. The van der Waals surface area contributed by atoms with Gasteiger partial charge in [0, 0.05) is 24.2 Å². The Bertz CT molecular complexity index is 826. The number of urea groups is 1. The highest BCUT2D eigenvalue weighted by atomic mass is 35.5. The summed E-state index contributed by atoms with van der Waals surface area (Å²) in [4.78, 5) is 25.2. The fraction of sp³-hybridized carbons (Fsp3) is 0.583. The summed E-state index contributed by atoms with van der Waals surface area (Å²) in [6, 6.07) is 5.87. The van der Waals surface area contributed by atoms with Crippen LogP contribution in [0, 0.1) is 11.3 Å². The topological polar surface area (TPSA) is 69.6 Å². The Morgan fingerprint density at radius 1 is 1.30 bits per heavy atom. The van der Waals surface area contributed by atoms with Crippen LogP contribution in [-0.2, 0) is 16.8 Å². The van der Waals surface area contributed by atoms with Gasteiger partial charge in [-0.2, -0.15) is 0 Å². The van der Waals surface area contributed by atoms with Crippen LogP contribution in [0.5, 0.6) is 0 Å². The third kappa shape index (κ3) is 6.00. The van der Waals surface area contributed by atoms with Gasteiger partial charge in [-0.15, -0.1) is 0 Å². The van der Waals surface area contributed by atoms with Crippen molar-refractivity contribution >= 4 is 23.6 Å². The van der Waals surface area contributed by atoms with E-state index in [0.717, 1.165) is 34.6 Å². The fourth-order valence-electron chi connectivity index (χ4n) is 3.82. The number of carboxylic acids is 1. The molecule has 1 aromatic rings. The number of nitrogens with one attached hydrogen (secondary N) is 1. The van der Waals surface area contributed by atoms with E-state index in [0.29, 0.717) is 13.0 Å². The number of benzene rings is 1. The van der Waals surface area contributed by atoms with Crippen molar-refractivity contribution < 1.29 is 14.7 Å². The highest BCUT2D eigenvalue weighted by Gasteiger charge is 2.39. The smallest absolute Gasteiger partial charge is 0.322 e. The second kappa shape index (κ2) is 9.42. The lowest BCUT2D eigenvalue weighted by Crippen LogP contribution is -2.54. The van der Waals surface area contributed by atoms with Gasteiger partial charge in [0.15, 0.2) is 0 Å². The second-order valence-corrected chi connectivity index (χ2v) is 10.3. The van der Waals surface area contributed by atoms with Crippen molar-refractivity contribution in [3.05, 3.63) is 46.1 Å². The number of carbonyl (C=O) groups is 2. The zero-order chi connectivity index (χ0) is 22.7. The van der Waals surface area contributed by atoms with Crippen molar-refractivity contribution in [1.29, 1.82) is 0 Å². The molecule has 0 bridgehead atoms. The van der Waals surface area contributed by atoms with Crippen LogP contribution < -0.4 is 5.32 Å². The molecule has 5 nitrogen and oxygen atoms in total. The maximum Gasteiger partial charge on any atom is 0.322 e. The van der Waals surface area contributed by atoms with Crippen LogP contribution in [0.25, 0.3) is 0 Å². The molecule has 0 radical (unpaired) electrons. The van der Waals surface area contributed by atoms with E-state index in [1.54, 1.807) is 4.90 Å². The van der Waals surface area contributed by atoms with Crippen LogP contribution in [0.4, 0.5) is 4.79 Å². The Kier molecular flexibility index (Phi) is 7.62. The number of rotatable bonds is 8. The van der Waals surface area contributed by atoms with Crippen molar-refractivity contribution in [2.45, 2.75) is 72.8 Å². The standard InChI is InChI=1S/C24H35ClN2O3/c1-16(2)19-15-27(13-7-8-21(28)29)22(30)26-24(19,6)18-10-9-17(20(25)14-18)11-12-23(3,4)5/h9-10,14-16H,7-8,11-13H2,1-6H3,(H,26,30)(H,28,29)/t24-/m1/s1. The number of nitrogens with zero attached hydrogens (tertiary/aromatic N) is 1. The first-order chi connectivity index (χ1) is 13.8. The number of carbonyl (C=O) groups excluding carboxylic acids is 1. The lowest BCUT2D eigenvalue weighted by molar-refractivity contribution is -0.137. The summed E-state index contributed by atoms with van der Waals surface area (Å²) in [5, 5.41) is 12.7. The van der Waals surface area contributed by atoms with Gasteiger partial charge in [0.05, 0.1) is 5.54 Å². The lowest BCUT2D eigenvalue weighted by atomic mass is 9.78. The first kappa shape index (κ1) is 24.3. The molecule has 0 unspecified atom stereocenters. The largest absolute Gasteiger partial charge is 0.481 e. The summed E-state index contributed by atoms with van der Waals surface area (Å²) in [5.41, 5.74) is 2.71. The lowest BCUT2D eigenvalue weighted by Gasteiger charge is -2.42. The molecule has 30 heavy (non-hydrogen) atoms. The van der Waals surface area contributed by atoms with Crippen molar-refractivity contribution in [3.63, 3.8) is 0 Å². The molecule has 2 amide bonds. The van der Waals surface area contributed by atoms with Crippen LogP contribution in [-0.4, -0.2) is 28.6 Å². The molecule has 1 aromatic carbocycles. The Labute approximate surface area is 185 Å². The molecule has 0 aliphatic carbocycles. The Hall–Kier alpha value is -2.01. The van der Waals surface area contributed by atoms with Crippen LogP contribution >= 0.6 is 11.6 Å². The van der Waals surface area contributed by atoms with E-state index in [-0.39, 0.29) is 23.8 Å². The molecule has 6 heteroatoms. The van der Waals surface area contributed by atoms with E-state index in [1.165, 1.54) is 0 Å². The van der Waals surface area contributed by atoms with Crippen molar-refractivity contribution in [3.8, 4) is 0 Å². The van der Waals surface area contributed by atoms with Gasteiger partial charge < -0.3 is 15.3 Å². The predicted molar refractivity (Wildman–Crippen MR) is 122 cm³/mol. The number of aryl methyl sites for hydroxylation is 1. The van der Waals surface area contributed by atoms with Gasteiger partial charge in [0.1, 0.15) is 0 Å². The quantitative estimate of drug-likeness (QED) is 0.530. The summed E-state index contributed by atoms with van der Waals surface area (Å²) in [7, 11) is 0. The van der Waals surface area contributed by atoms with Crippen LogP contribution in [0.15, 0.2) is 30.0 Å². The number of amides is 2. The fourth-order valence-corrected chi connectivity index (χ4v) is 4.09. The molecular formula is C24H35ClN2O3. The average Bonchev–Trinajstić information content (AvgIpc) is 2.61. The third-order valence-electron chi connectivity index (χ3n) is 5.68. The van der Waals surface area contributed by atoms with Crippen LogP contribution in [0.3, 0.4) is 0 Å². The molecule has 0 saturated carbocycles. The summed E-state index contributed by atoms with van der Waals surface area (Å²) in [6.07, 6.45) is 4.29. The van der Waals surface area contributed by atoms with Gasteiger partial charge in [-0.1, -0.05) is 58.4 Å². The van der Waals surface area contributed by atoms with E-state index >= 15 is 0 Å².